The van der Waals surface area contributed by atoms with E-state index in [1.54, 1.807) is 4.90 Å². The van der Waals surface area contributed by atoms with E-state index in [4.69, 9.17) is 0 Å². The maximum absolute atomic E-state index is 12.3. The number of amides is 2. The third-order valence-corrected chi connectivity index (χ3v) is 4.79. The zero-order valence-corrected chi connectivity index (χ0v) is 14.0. The van der Waals surface area contributed by atoms with Gasteiger partial charge in [-0.1, -0.05) is 11.3 Å². The van der Waals surface area contributed by atoms with E-state index in [9.17, 15) is 9.59 Å². The van der Waals surface area contributed by atoms with E-state index < -0.39 is 0 Å². The molecule has 1 unspecified atom stereocenters. The quantitative estimate of drug-likeness (QED) is 0.832. The molecule has 0 aliphatic carbocycles. The lowest BCUT2D eigenvalue weighted by Crippen LogP contribution is -2.45. The molecule has 1 aromatic heterocycles. The number of carbonyl (C=O) groups excluding carboxylic acids is 2. The molecule has 1 aromatic rings. The lowest BCUT2D eigenvalue weighted by molar-refractivity contribution is -0.127. The predicted molar refractivity (Wildman–Crippen MR) is 86.4 cm³/mol. The first-order chi connectivity index (χ1) is 10.1. The molecule has 22 heavy (non-hydrogen) atoms. The smallest absolute Gasteiger partial charge is 0.229 e. The number of nitrogens with one attached hydrogen (secondary N) is 2. The standard InChI is InChI=1S/C13H19N5O2S.ClH/c1-8-16-17-13(21-8)18-7-9(6-11(18)19)12(20)15-10-2-4-14-5-3-10;/h9-10,14H,2-7H2,1H3,(H,15,20);1H. The van der Waals surface area contributed by atoms with Gasteiger partial charge in [-0.05, 0) is 32.9 Å². The monoisotopic (exact) mass is 345 g/mol. The zero-order chi connectivity index (χ0) is 14.8. The lowest BCUT2D eigenvalue weighted by Gasteiger charge is -2.24. The highest BCUT2D eigenvalue weighted by atomic mass is 35.5. The predicted octanol–water partition coefficient (Wildman–Crippen LogP) is 0.489. The van der Waals surface area contributed by atoms with Crippen LogP contribution >= 0.6 is 23.7 Å². The van der Waals surface area contributed by atoms with Crippen molar-refractivity contribution in [3.05, 3.63) is 5.01 Å². The molecule has 3 heterocycles. The summed E-state index contributed by atoms with van der Waals surface area (Å²) >= 11 is 1.38. The number of nitrogens with zero attached hydrogens (tertiary/aromatic N) is 3. The molecule has 2 fully saturated rings. The largest absolute Gasteiger partial charge is 0.353 e. The van der Waals surface area contributed by atoms with Crippen LogP contribution in [0.25, 0.3) is 0 Å². The van der Waals surface area contributed by atoms with Crippen LogP contribution in [0.4, 0.5) is 5.13 Å². The molecule has 0 aromatic carbocycles. The summed E-state index contributed by atoms with van der Waals surface area (Å²) in [7, 11) is 0. The number of anilines is 1. The maximum atomic E-state index is 12.3. The van der Waals surface area contributed by atoms with Crippen LogP contribution in [0.3, 0.4) is 0 Å². The Labute approximate surface area is 139 Å². The van der Waals surface area contributed by atoms with Gasteiger partial charge in [-0.2, -0.15) is 0 Å². The number of rotatable bonds is 3. The molecule has 2 aliphatic rings. The summed E-state index contributed by atoms with van der Waals surface area (Å²) in [6, 6.07) is 0.228. The molecule has 0 radical (unpaired) electrons. The van der Waals surface area contributed by atoms with Crippen molar-refractivity contribution in [3.63, 3.8) is 0 Å². The van der Waals surface area contributed by atoms with Gasteiger partial charge in [0.15, 0.2) is 0 Å². The fraction of sp³-hybridized carbons (Fsp3) is 0.692. The minimum absolute atomic E-state index is 0. The van der Waals surface area contributed by atoms with Crippen molar-refractivity contribution < 1.29 is 9.59 Å². The molecule has 7 nitrogen and oxygen atoms in total. The summed E-state index contributed by atoms with van der Waals surface area (Å²) in [6.45, 7) is 4.13. The third-order valence-electron chi connectivity index (χ3n) is 3.93. The Morgan fingerprint density at radius 3 is 2.73 bits per heavy atom. The molecule has 3 rings (SSSR count). The Morgan fingerprint density at radius 1 is 1.36 bits per heavy atom. The van der Waals surface area contributed by atoms with Gasteiger partial charge in [-0.3, -0.25) is 14.5 Å². The van der Waals surface area contributed by atoms with Gasteiger partial charge < -0.3 is 10.6 Å². The summed E-state index contributed by atoms with van der Waals surface area (Å²) in [5, 5.41) is 15.7. The van der Waals surface area contributed by atoms with Gasteiger partial charge in [0.25, 0.3) is 0 Å². The van der Waals surface area contributed by atoms with E-state index >= 15 is 0 Å². The molecular formula is C13H20ClN5O2S. The van der Waals surface area contributed by atoms with E-state index in [2.05, 4.69) is 20.8 Å². The Balaban J connectivity index is 0.00000176. The molecule has 0 bridgehead atoms. The molecule has 2 N–H and O–H groups in total. The Kier molecular flexibility index (Phi) is 5.71. The number of hydrogen-bond donors (Lipinski definition) is 2. The highest BCUT2D eigenvalue weighted by Crippen LogP contribution is 2.27. The molecular weight excluding hydrogens is 326 g/mol. The van der Waals surface area contributed by atoms with E-state index in [1.165, 1.54) is 11.3 Å². The molecule has 9 heteroatoms. The Hall–Kier alpha value is -1.25. The summed E-state index contributed by atoms with van der Waals surface area (Å²) in [5.74, 6) is -0.341. The van der Waals surface area contributed by atoms with Crippen molar-refractivity contribution in [2.75, 3.05) is 24.5 Å². The lowest BCUT2D eigenvalue weighted by atomic mass is 10.0. The highest BCUT2D eigenvalue weighted by Gasteiger charge is 2.37. The second kappa shape index (κ2) is 7.34. The van der Waals surface area contributed by atoms with Crippen LogP contribution in [0.2, 0.25) is 0 Å². The molecule has 1 atom stereocenters. The first kappa shape index (κ1) is 17.1. The van der Waals surface area contributed by atoms with Crippen LogP contribution in [0.15, 0.2) is 0 Å². The molecule has 2 amide bonds. The fourth-order valence-electron chi connectivity index (χ4n) is 2.75. The molecule has 2 saturated heterocycles. The van der Waals surface area contributed by atoms with Crippen LogP contribution in [-0.4, -0.2) is 47.7 Å². The van der Waals surface area contributed by atoms with Crippen LogP contribution < -0.4 is 15.5 Å². The van der Waals surface area contributed by atoms with Crippen molar-refractivity contribution in [1.29, 1.82) is 0 Å². The second-order valence-corrected chi connectivity index (χ2v) is 6.70. The Morgan fingerprint density at radius 2 is 2.09 bits per heavy atom. The third kappa shape index (κ3) is 3.74. The molecule has 2 aliphatic heterocycles. The van der Waals surface area contributed by atoms with Crippen molar-refractivity contribution in [3.8, 4) is 0 Å². The minimum Gasteiger partial charge on any atom is -0.353 e. The Bertz CT molecular complexity index is 546. The minimum atomic E-state index is -0.281. The van der Waals surface area contributed by atoms with Crippen LogP contribution in [-0.2, 0) is 9.59 Å². The number of halogens is 1. The number of carbonyl (C=O) groups is 2. The van der Waals surface area contributed by atoms with E-state index in [0.29, 0.717) is 11.7 Å². The first-order valence-corrected chi connectivity index (χ1v) is 8.06. The average Bonchev–Trinajstić information content (AvgIpc) is 3.06. The molecule has 0 spiro atoms. The van der Waals surface area contributed by atoms with Crippen LogP contribution in [0, 0.1) is 12.8 Å². The summed E-state index contributed by atoms with van der Waals surface area (Å²) in [6.07, 6.45) is 2.16. The summed E-state index contributed by atoms with van der Waals surface area (Å²) < 4.78 is 0. The van der Waals surface area contributed by atoms with Gasteiger partial charge in [-0.15, -0.1) is 22.6 Å². The number of piperidine rings is 1. The van der Waals surface area contributed by atoms with E-state index in [-0.39, 0.29) is 42.6 Å². The van der Waals surface area contributed by atoms with Gasteiger partial charge >= 0.3 is 0 Å². The summed E-state index contributed by atoms with van der Waals surface area (Å²) in [5.41, 5.74) is 0. The normalized spacial score (nSPS) is 22.5. The van der Waals surface area contributed by atoms with Crippen molar-refractivity contribution >= 4 is 40.7 Å². The maximum Gasteiger partial charge on any atom is 0.229 e. The second-order valence-electron chi connectivity index (χ2n) is 5.54. The topological polar surface area (TPSA) is 87.2 Å². The SMILES string of the molecule is Cc1nnc(N2CC(C(=O)NC3CCNCC3)CC2=O)s1.Cl. The highest BCUT2D eigenvalue weighted by molar-refractivity contribution is 7.15. The van der Waals surface area contributed by atoms with Crippen molar-refractivity contribution in [1.82, 2.24) is 20.8 Å². The van der Waals surface area contributed by atoms with Crippen molar-refractivity contribution in [2.45, 2.75) is 32.2 Å². The van der Waals surface area contributed by atoms with Gasteiger partial charge in [-0.25, -0.2) is 0 Å². The van der Waals surface area contributed by atoms with Gasteiger partial charge in [0.2, 0.25) is 16.9 Å². The van der Waals surface area contributed by atoms with Gasteiger partial charge in [0.05, 0.1) is 5.92 Å². The van der Waals surface area contributed by atoms with Gasteiger partial charge in [0.1, 0.15) is 5.01 Å². The first-order valence-electron chi connectivity index (χ1n) is 7.25. The number of aryl methyl sites for hydroxylation is 1. The fourth-order valence-corrected chi connectivity index (χ4v) is 3.46. The van der Waals surface area contributed by atoms with E-state index in [1.807, 2.05) is 6.92 Å². The van der Waals surface area contributed by atoms with Crippen LogP contribution in [0.1, 0.15) is 24.3 Å². The van der Waals surface area contributed by atoms with Gasteiger partial charge in [0, 0.05) is 19.0 Å². The zero-order valence-electron chi connectivity index (χ0n) is 12.4. The van der Waals surface area contributed by atoms with Crippen molar-refractivity contribution in [2.24, 2.45) is 5.92 Å². The number of hydrogen-bond acceptors (Lipinski definition) is 6. The molecule has 0 saturated carbocycles. The average molecular weight is 346 g/mol. The number of aromatic nitrogens is 2. The van der Waals surface area contributed by atoms with E-state index in [0.717, 1.165) is 30.9 Å². The van der Waals surface area contributed by atoms with Crippen LogP contribution in [0.5, 0.6) is 0 Å². The summed E-state index contributed by atoms with van der Waals surface area (Å²) in [4.78, 5) is 25.9. The molecule has 122 valence electrons.